The van der Waals surface area contributed by atoms with Gasteiger partial charge in [-0.15, -0.1) is 0 Å². The third-order valence-corrected chi connectivity index (χ3v) is 7.06. The van der Waals surface area contributed by atoms with Gasteiger partial charge >= 0.3 is 0 Å². The summed E-state index contributed by atoms with van der Waals surface area (Å²) in [5.74, 6) is 0.612. The van der Waals surface area contributed by atoms with Crippen LogP contribution in [0.4, 0.5) is 0 Å². The molecule has 38 heavy (non-hydrogen) atoms. The fourth-order valence-corrected chi connectivity index (χ4v) is 5.42. The molecule has 3 atom stereocenters. The van der Waals surface area contributed by atoms with E-state index >= 15 is 0 Å². The number of pyridine rings is 2. The van der Waals surface area contributed by atoms with Crippen LogP contribution in [0.15, 0.2) is 48.9 Å². The van der Waals surface area contributed by atoms with Gasteiger partial charge in [-0.3, -0.25) is 19.9 Å². The Hall–Kier alpha value is -3.46. The van der Waals surface area contributed by atoms with Gasteiger partial charge in [0.2, 0.25) is 0 Å². The summed E-state index contributed by atoms with van der Waals surface area (Å²) in [6, 6.07) is 9.88. The number of carbonyl (C=O) groups is 1. The van der Waals surface area contributed by atoms with E-state index in [1.165, 1.54) is 0 Å². The molecule has 0 spiro atoms. The molecule has 3 aromatic heterocycles. The van der Waals surface area contributed by atoms with Crippen LogP contribution < -0.4 is 10.1 Å². The van der Waals surface area contributed by atoms with Crippen molar-refractivity contribution in [3.05, 3.63) is 81.5 Å². The van der Waals surface area contributed by atoms with Crippen molar-refractivity contribution in [3.63, 3.8) is 0 Å². The molecule has 1 saturated heterocycles. The van der Waals surface area contributed by atoms with Crippen LogP contribution in [-0.4, -0.2) is 56.1 Å². The predicted molar refractivity (Wildman–Crippen MR) is 151 cm³/mol. The van der Waals surface area contributed by atoms with Gasteiger partial charge in [0.15, 0.2) is 0 Å². The minimum absolute atomic E-state index is 0.0462. The second-order valence-electron chi connectivity index (χ2n) is 9.58. The van der Waals surface area contributed by atoms with Gasteiger partial charge in [0.25, 0.3) is 5.91 Å². The molecule has 0 unspecified atom stereocenters. The SMILES string of the molecule is C[C@@H]1CN(C(=O)c2ccc(/C=C/c3n[nH]c4ccc(O[C@H](C)c5c(Cl)cncc5Cl)cc34)cn2)C[C@H](C)N1. The number of carbonyl (C=O) groups excluding carboxylic acids is 1. The highest BCUT2D eigenvalue weighted by atomic mass is 35.5. The summed E-state index contributed by atoms with van der Waals surface area (Å²) in [6.07, 6.45) is 8.24. The molecule has 0 bridgehead atoms. The van der Waals surface area contributed by atoms with Crippen molar-refractivity contribution in [2.45, 2.75) is 39.0 Å². The Balaban J connectivity index is 1.30. The van der Waals surface area contributed by atoms with E-state index in [0.717, 1.165) is 22.2 Å². The van der Waals surface area contributed by atoms with E-state index < -0.39 is 0 Å². The first kappa shape index (κ1) is 26.2. The summed E-state index contributed by atoms with van der Waals surface area (Å²) in [7, 11) is 0. The fourth-order valence-electron chi connectivity index (χ4n) is 4.75. The molecule has 1 amide bonds. The molecule has 2 N–H and O–H groups in total. The number of ether oxygens (including phenoxy) is 1. The molecule has 0 saturated carbocycles. The minimum Gasteiger partial charge on any atom is -0.486 e. The van der Waals surface area contributed by atoms with E-state index in [4.69, 9.17) is 27.9 Å². The number of halogens is 2. The molecular formula is C28H28Cl2N6O2. The number of fused-ring (bicyclic) bond motifs is 1. The van der Waals surface area contributed by atoms with Crippen molar-refractivity contribution in [2.24, 2.45) is 0 Å². The largest absolute Gasteiger partial charge is 0.486 e. The third-order valence-electron chi connectivity index (χ3n) is 6.46. The van der Waals surface area contributed by atoms with Crippen LogP contribution in [-0.2, 0) is 0 Å². The zero-order chi connectivity index (χ0) is 26.8. The van der Waals surface area contributed by atoms with E-state index in [1.807, 2.05) is 48.2 Å². The van der Waals surface area contributed by atoms with Crippen LogP contribution in [0.2, 0.25) is 10.0 Å². The zero-order valence-electron chi connectivity index (χ0n) is 21.3. The minimum atomic E-state index is -0.374. The normalized spacial score (nSPS) is 18.7. The zero-order valence-corrected chi connectivity index (χ0v) is 22.8. The van der Waals surface area contributed by atoms with Gasteiger partial charge in [-0.05, 0) is 56.7 Å². The lowest BCUT2D eigenvalue weighted by atomic mass is 10.1. The van der Waals surface area contributed by atoms with Gasteiger partial charge in [-0.25, -0.2) is 0 Å². The van der Waals surface area contributed by atoms with Gasteiger partial charge in [0.05, 0.1) is 21.3 Å². The highest BCUT2D eigenvalue weighted by molar-refractivity contribution is 6.35. The van der Waals surface area contributed by atoms with Crippen LogP contribution in [0, 0.1) is 0 Å². The first-order valence-electron chi connectivity index (χ1n) is 12.4. The summed E-state index contributed by atoms with van der Waals surface area (Å²) in [5.41, 5.74) is 3.62. The number of amides is 1. The summed E-state index contributed by atoms with van der Waals surface area (Å²) in [6.45, 7) is 7.39. The second-order valence-corrected chi connectivity index (χ2v) is 10.4. The van der Waals surface area contributed by atoms with Crippen LogP contribution in [0.5, 0.6) is 5.75 Å². The van der Waals surface area contributed by atoms with Gasteiger partial charge in [0, 0.05) is 54.7 Å². The molecule has 1 aliphatic heterocycles. The maximum Gasteiger partial charge on any atom is 0.272 e. The number of hydrogen-bond acceptors (Lipinski definition) is 6. The number of benzene rings is 1. The van der Waals surface area contributed by atoms with E-state index in [9.17, 15) is 4.79 Å². The van der Waals surface area contributed by atoms with Crippen molar-refractivity contribution in [3.8, 4) is 5.75 Å². The Labute approximate surface area is 231 Å². The highest BCUT2D eigenvalue weighted by Gasteiger charge is 2.26. The molecule has 0 radical (unpaired) electrons. The van der Waals surface area contributed by atoms with Gasteiger partial charge in [-0.2, -0.15) is 5.10 Å². The molecule has 5 rings (SSSR count). The lowest BCUT2D eigenvalue weighted by Gasteiger charge is -2.35. The molecule has 0 aliphatic carbocycles. The van der Waals surface area contributed by atoms with E-state index in [-0.39, 0.29) is 24.1 Å². The molecule has 1 aliphatic rings. The Morgan fingerprint density at radius 1 is 1.08 bits per heavy atom. The first-order chi connectivity index (χ1) is 18.3. The Morgan fingerprint density at radius 3 is 2.50 bits per heavy atom. The molecule has 1 fully saturated rings. The number of rotatable bonds is 6. The van der Waals surface area contributed by atoms with Crippen molar-refractivity contribution < 1.29 is 9.53 Å². The molecule has 196 valence electrons. The van der Waals surface area contributed by atoms with E-state index in [2.05, 4.69) is 39.3 Å². The van der Waals surface area contributed by atoms with Gasteiger partial charge < -0.3 is 15.0 Å². The number of H-pyrrole nitrogens is 1. The summed E-state index contributed by atoms with van der Waals surface area (Å²) in [5, 5.41) is 12.7. The monoisotopic (exact) mass is 550 g/mol. The predicted octanol–water partition coefficient (Wildman–Crippen LogP) is 5.79. The van der Waals surface area contributed by atoms with Gasteiger partial charge in [0.1, 0.15) is 17.5 Å². The lowest BCUT2D eigenvalue weighted by molar-refractivity contribution is 0.0668. The quantitative estimate of drug-likeness (QED) is 0.315. The van der Waals surface area contributed by atoms with Crippen LogP contribution in [0.1, 0.15) is 54.2 Å². The van der Waals surface area contributed by atoms with Crippen molar-refractivity contribution in [2.75, 3.05) is 13.1 Å². The number of hydrogen-bond donors (Lipinski definition) is 2. The Bertz CT molecular complexity index is 1460. The molecule has 10 heteroatoms. The molecular weight excluding hydrogens is 523 g/mol. The van der Waals surface area contributed by atoms with Gasteiger partial charge in [-0.1, -0.05) is 35.3 Å². The summed E-state index contributed by atoms with van der Waals surface area (Å²) >= 11 is 12.6. The van der Waals surface area contributed by atoms with Crippen LogP contribution >= 0.6 is 23.2 Å². The number of piperazine rings is 1. The van der Waals surface area contributed by atoms with Crippen molar-refractivity contribution >= 4 is 52.2 Å². The number of nitrogens with one attached hydrogen (secondary N) is 2. The second kappa shape index (κ2) is 11.1. The number of aromatic nitrogens is 4. The highest BCUT2D eigenvalue weighted by Crippen LogP contribution is 2.33. The maximum absolute atomic E-state index is 12.9. The Morgan fingerprint density at radius 2 is 1.82 bits per heavy atom. The van der Waals surface area contributed by atoms with Crippen LogP contribution in [0.25, 0.3) is 23.1 Å². The Kier molecular flexibility index (Phi) is 7.65. The average molecular weight is 551 g/mol. The van der Waals surface area contributed by atoms with E-state index in [1.54, 1.807) is 24.7 Å². The van der Waals surface area contributed by atoms with Crippen LogP contribution in [0.3, 0.4) is 0 Å². The standard InChI is InChI=1S/C28H28Cl2N6O2/c1-16-14-36(15-17(2)33-16)28(37)26-8-5-19(11-32-26)4-7-24-21-10-20(6-9-25(21)35-34-24)38-18(3)27-22(29)12-31-13-23(27)30/h4-13,16-18,33H,14-15H2,1-3H3,(H,34,35)/b7-4+/t16-,17+,18-/m1/s1. The molecule has 4 heterocycles. The summed E-state index contributed by atoms with van der Waals surface area (Å²) in [4.78, 5) is 23.2. The smallest absolute Gasteiger partial charge is 0.272 e. The van der Waals surface area contributed by atoms with Crippen molar-refractivity contribution in [1.82, 2.24) is 30.4 Å². The van der Waals surface area contributed by atoms with Crippen molar-refractivity contribution in [1.29, 1.82) is 0 Å². The average Bonchev–Trinajstić information content (AvgIpc) is 3.29. The number of nitrogens with zero attached hydrogens (tertiary/aromatic N) is 4. The lowest BCUT2D eigenvalue weighted by Crippen LogP contribution is -2.55. The number of aromatic amines is 1. The maximum atomic E-state index is 12.9. The molecule has 1 aromatic carbocycles. The first-order valence-corrected chi connectivity index (χ1v) is 13.2. The van der Waals surface area contributed by atoms with E-state index in [0.29, 0.717) is 40.1 Å². The molecule has 4 aromatic rings. The summed E-state index contributed by atoms with van der Waals surface area (Å²) < 4.78 is 6.14. The topological polar surface area (TPSA) is 96.0 Å². The third kappa shape index (κ3) is 5.67. The fraction of sp³-hybridized carbons (Fsp3) is 0.286. The molecule has 8 nitrogen and oxygen atoms in total.